The molecule has 0 aliphatic heterocycles. The van der Waals surface area contributed by atoms with E-state index >= 15 is 0 Å². The molecule has 0 amide bonds. The zero-order valence-electron chi connectivity index (χ0n) is 8.07. The van der Waals surface area contributed by atoms with Gasteiger partial charge in [-0.15, -0.1) is 0 Å². The van der Waals surface area contributed by atoms with Crippen LogP contribution in [-0.2, 0) is 13.1 Å². The van der Waals surface area contributed by atoms with Gasteiger partial charge in [0.25, 0.3) is 0 Å². The minimum atomic E-state index is 0.777. The van der Waals surface area contributed by atoms with Crippen LogP contribution in [0.1, 0.15) is 12.5 Å². The highest BCUT2D eigenvalue weighted by atomic mass is 15.3. The molecule has 0 atom stereocenters. The lowest BCUT2D eigenvalue weighted by molar-refractivity contribution is 0.659. The summed E-state index contributed by atoms with van der Waals surface area (Å²) in [5, 5.41) is 14.0. The van der Waals surface area contributed by atoms with Crippen molar-refractivity contribution < 1.29 is 0 Å². The Hall–Kier alpha value is -1.78. The van der Waals surface area contributed by atoms with Crippen molar-refractivity contribution in [3.05, 3.63) is 30.4 Å². The van der Waals surface area contributed by atoms with E-state index < -0.39 is 0 Å². The molecule has 14 heavy (non-hydrogen) atoms. The van der Waals surface area contributed by atoms with Gasteiger partial charge in [-0.1, -0.05) is 0 Å². The van der Waals surface area contributed by atoms with Crippen molar-refractivity contribution in [2.24, 2.45) is 0 Å². The summed E-state index contributed by atoms with van der Waals surface area (Å²) in [4.78, 5) is 0. The van der Waals surface area contributed by atoms with Crippen molar-refractivity contribution in [1.29, 1.82) is 0 Å². The highest BCUT2D eigenvalue weighted by Crippen LogP contribution is 2.05. The molecular formula is C9H13N5. The second kappa shape index (κ2) is 3.95. The van der Waals surface area contributed by atoms with Crippen molar-refractivity contribution in [2.75, 3.05) is 5.32 Å². The highest BCUT2D eigenvalue weighted by Gasteiger charge is 1.97. The Kier molecular flexibility index (Phi) is 2.48. The minimum absolute atomic E-state index is 0.777. The van der Waals surface area contributed by atoms with E-state index in [1.54, 1.807) is 6.20 Å². The number of aromatic nitrogens is 4. The Bertz CT molecular complexity index is 376. The molecule has 0 fully saturated rings. The summed E-state index contributed by atoms with van der Waals surface area (Å²) in [6.07, 6.45) is 7.48. The minimum Gasteiger partial charge on any atom is -0.378 e. The summed E-state index contributed by atoms with van der Waals surface area (Å²) in [6, 6.07) is 0. The molecular weight excluding hydrogens is 178 g/mol. The molecule has 0 unspecified atom stereocenters. The number of hydrogen-bond donors (Lipinski definition) is 2. The molecule has 5 nitrogen and oxygen atoms in total. The number of hydrogen-bond acceptors (Lipinski definition) is 3. The van der Waals surface area contributed by atoms with Gasteiger partial charge in [0.15, 0.2) is 0 Å². The number of nitrogens with one attached hydrogen (secondary N) is 2. The molecule has 2 N–H and O–H groups in total. The maximum Gasteiger partial charge on any atom is 0.0726 e. The number of H-pyrrole nitrogens is 1. The number of anilines is 1. The van der Waals surface area contributed by atoms with E-state index in [-0.39, 0.29) is 0 Å². The van der Waals surface area contributed by atoms with E-state index in [1.807, 2.05) is 23.3 Å². The lowest BCUT2D eigenvalue weighted by Gasteiger charge is -1.99. The first kappa shape index (κ1) is 8.80. The van der Waals surface area contributed by atoms with Crippen LogP contribution in [0.3, 0.4) is 0 Å². The fraction of sp³-hybridized carbons (Fsp3) is 0.333. The first-order valence-corrected chi connectivity index (χ1v) is 4.62. The molecule has 2 aromatic heterocycles. The maximum absolute atomic E-state index is 4.19. The molecule has 2 aromatic rings. The predicted octanol–water partition coefficient (Wildman–Crippen LogP) is 1.24. The quantitative estimate of drug-likeness (QED) is 0.764. The Morgan fingerprint density at radius 2 is 2.43 bits per heavy atom. The number of rotatable bonds is 4. The molecule has 0 aromatic carbocycles. The fourth-order valence-corrected chi connectivity index (χ4v) is 1.22. The average molecular weight is 191 g/mol. The third-order valence-corrected chi connectivity index (χ3v) is 2.01. The van der Waals surface area contributed by atoms with Gasteiger partial charge >= 0.3 is 0 Å². The fourth-order valence-electron chi connectivity index (χ4n) is 1.22. The summed E-state index contributed by atoms with van der Waals surface area (Å²) in [7, 11) is 0. The van der Waals surface area contributed by atoms with Crippen LogP contribution in [0.4, 0.5) is 5.69 Å². The topological polar surface area (TPSA) is 58.5 Å². The largest absolute Gasteiger partial charge is 0.378 e. The second-order valence-corrected chi connectivity index (χ2v) is 3.04. The number of nitrogens with zero attached hydrogens (tertiary/aromatic N) is 3. The van der Waals surface area contributed by atoms with Crippen molar-refractivity contribution in [3.63, 3.8) is 0 Å². The predicted molar refractivity (Wildman–Crippen MR) is 53.8 cm³/mol. The summed E-state index contributed by atoms with van der Waals surface area (Å²) in [6.45, 7) is 3.76. The lowest BCUT2D eigenvalue weighted by atomic mass is 10.3. The Labute approximate surface area is 82.1 Å². The summed E-state index contributed by atoms with van der Waals surface area (Å²) < 4.78 is 1.91. The monoisotopic (exact) mass is 191 g/mol. The van der Waals surface area contributed by atoms with E-state index in [0.29, 0.717) is 0 Å². The summed E-state index contributed by atoms with van der Waals surface area (Å²) in [5.74, 6) is 0. The first-order valence-electron chi connectivity index (χ1n) is 4.62. The molecule has 0 bridgehead atoms. The van der Waals surface area contributed by atoms with Gasteiger partial charge in [0.05, 0.1) is 18.1 Å². The molecule has 0 saturated carbocycles. The van der Waals surface area contributed by atoms with E-state index in [4.69, 9.17) is 0 Å². The Morgan fingerprint density at radius 3 is 3.07 bits per heavy atom. The summed E-state index contributed by atoms with van der Waals surface area (Å²) in [5.41, 5.74) is 2.17. The van der Waals surface area contributed by atoms with Gasteiger partial charge in [-0.25, -0.2) is 0 Å². The third-order valence-electron chi connectivity index (χ3n) is 2.01. The van der Waals surface area contributed by atoms with E-state index in [9.17, 15) is 0 Å². The van der Waals surface area contributed by atoms with Crippen LogP contribution in [0.15, 0.2) is 24.8 Å². The first-order chi connectivity index (χ1) is 6.88. The molecule has 2 heterocycles. The Morgan fingerprint density at radius 1 is 1.50 bits per heavy atom. The average Bonchev–Trinajstić information content (AvgIpc) is 2.86. The molecule has 0 saturated heterocycles. The van der Waals surface area contributed by atoms with Crippen molar-refractivity contribution in [3.8, 4) is 0 Å². The van der Waals surface area contributed by atoms with Crippen LogP contribution in [0.25, 0.3) is 0 Å². The van der Waals surface area contributed by atoms with Gasteiger partial charge < -0.3 is 5.32 Å². The molecule has 74 valence electrons. The number of aromatic amines is 1. The smallest absolute Gasteiger partial charge is 0.0726 e. The SMILES string of the molecule is CCn1cc(CNc2cn[nH]c2)cn1. The molecule has 0 spiro atoms. The highest BCUT2D eigenvalue weighted by molar-refractivity contribution is 5.38. The van der Waals surface area contributed by atoms with Crippen LogP contribution < -0.4 is 5.32 Å². The van der Waals surface area contributed by atoms with Crippen LogP contribution in [0.2, 0.25) is 0 Å². The van der Waals surface area contributed by atoms with Gasteiger partial charge in [0.2, 0.25) is 0 Å². The van der Waals surface area contributed by atoms with Crippen molar-refractivity contribution >= 4 is 5.69 Å². The van der Waals surface area contributed by atoms with Gasteiger partial charge in [-0.2, -0.15) is 10.2 Å². The molecule has 0 aliphatic carbocycles. The second-order valence-electron chi connectivity index (χ2n) is 3.04. The van der Waals surface area contributed by atoms with Crippen molar-refractivity contribution in [1.82, 2.24) is 20.0 Å². The zero-order chi connectivity index (χ0) is 9.80. The van der Waals surface area contributed by atoms with Crippen LogP contribution in [0, 0.1) is 0 Å². The lowest BCUT2D eigenvalue weighted by Crippen LogP contribution is -1.97. The van der Waals surface area contributed by atoms with E-state index in [1.165, 1.54) is 5.56 Å². The van der Waals surface area contributed by atoms with Crippen LogP contribution >= 0.6 is 0 Å². The zero-order valence-corrected chi connectivity index (χ0v) is 8.07. The molecule has 0 radical (unpaired) electrons. The van der Waals surface area contributed by atoms with Crippen molar-refractivity contribution in [2.45, 2.75) is 20.0 Å². The number of aryl methyl sites for hydroxylation is 1. The van der Waals surface area contributed by atoms with E-state index in [0.717, 1.165) is 18.8 Å². The normalized spacial score (nSPS) is 10.4. The summed E-state index contributed by atoms with van der Waals surface area (Å²) >= 11 is 0. The van der Waals surface area contributed by atoms with Gasteiger partial charge in [0.1, 0.15) is 0 Å². The van der Waals surface area contributed by atoms with Gasteiger partial charge in [-0.3, -0.25) is 9.78 Å². The van der Waals surface area contributed by atoms with Gasteiger partial charge in [-0.05, 0) is 6.92 Å². The Balaban J connectivity index is 1.92. The molecule has 5 heteroatoms. The van der Waals surface area contributed by atoms with Crippen LogP contribution in [0.5, 0.6) is 0 Å². The third kappa shape index (κ3) is 1.93. The molecule has 2 rings (SSSR count). The molecule has 0 aliphatic rings. The maximum atomic E-state index is 4.19. The van der Waals surface area contributed by atoms with Gasteiger partial charge in [0, 0.05) is 31.0 Å². The van der Waals surface area contributed by atoms with E-state index in [2.05, 4.69) is 27.5 Å². The standard InChI is InChI=1S/C9H13N5/c1-2-14-7-8(4-13-14)3-10-9-5-11-12-6-9/h4-7,10H,2-3H2,1H3,(H,11,12). The van der Waals surface area contributed by atoms with Crippen LogP contribution in [-0.4, -0.2) is 20.0 Å².